The van der Waals surface area contributed by atoms with Crippen LogP contribution in [-0.2, 0) is 10.0 Å². The average Bonchev–Trinajstić information content (AvgIpc) is 3.16. The molecule has 2 aliphatic rings. The third kappa shape index (κ3) is 3.88. The highest BCUT2D eigenvalue weighted by Gasteiger charge is 2.29. The Morgan fingerprint density at radius 1 is 1.12 bits per heavy atom. The Kier molecular flexibility index (Phi) is 5.75. The van der Waals surface area contributed by atoms with Gasteiger partial charge in [0.05, 0.1) is 10.5 Å². The zero-order valence-electron chi connectivity index (χ0n) is 14.9. The summed E-state index contributed by atoms with van der Waals surface area (Å²) in [5.74, 6) is 0.598. The highest BCUT2D eigenvalue weighted by atomic mass is 32.2. The normalized spacial score (nSPS) is 20.2. The van der Waals surface area contributed by atoms with E-state index in [-0.39, 0.29) is 10.8 Å². The minimum Gasteiger partial charge on any atom is -0.339 e. The molecule has 0 spiro atoms. The highest BCUT2D eigenvalue weighted by molar-refractivity contribution is 7.98. The standard InChI is InChI=1S/C18H26N2O3S2/c1-14-7-11-19(12-8-14)18(21)16-13-15(5-6-17(16)24-2)25(22,23)20-9-3-4-10-20/h5-6,13-14H,3-4,7-12H2,1-2H3. The predicted molar refractivity (Wildman–Crippen MR) is 101 cm³/mol. The van der Waals surface area contributed by atoms with Gasteiger partial charge in [-0.25, -0.2) is 8.42 Å². The summed E-state index contributed by atoms with van der Waals surface area (Å²) >= 11 is 1.48. The van der Waals surface area contributed by atoms with Crippen LogP contribution in [0.1, 0.15) is 43.0 Å². The van der Waals surface area contributed by atoms with Crippen molar-refractivity contribution in [1.29, 1.82) is 0 Å². The van der Waals surface area contributed by atoms with Crippen molar-refractivity contribution in [2.24, 2.45) is 5.92 Å². The van der Waals surface area contributed by atoms with Crippen molar-refractivity contribution in [3.05, 3.63) is 23.8 Å². The number of nitrogens with zero attached hydrogens (tertiary/aromatic N) is 2. The van der Waals surface area contributed by atoms with Gasteiger partial charge in [-0.3, -0.25) is 4.79 Å². The maximum Gasteiger partial charge on any atom is 0.255 e. The van der Waals surface area contributed by atoms with Crippen LogP contribution >= 0.6 is 11.8 Å². The molecule has 0 atom stereocenters. The lowest BCUT2D eigenvalue weighted by Crippen LogP contribution is -2.38. The number of hydrogen-bond acceptors (Lipinski definition) is 4. The summed E-state index contributed by atoms with van der Waals surface area (Å²) in [4.78, 5) is 15.9. The molecule has 5 nitrogen and oxygen atoms in total. The largest absolute Gasteiger partial charge is 0.339 e. The number of likely N-dealkylation sites (tertiary alicyclic amines) is 1. The van der Waals surface area contributed by atoms with Crippen molar-refractivity contribution in [1.82, 2.24) is 9.21 Å². The van der Waals surface area contributed by atoms with Crippen molar-refractivity contribution in [3.8, 4) is 0 Å². The molecular weight excluding hydrogens is 356 g/mol. The smallest absolute Gasteiger partial charge is 0.255 e. The van der Waals surface area contributed by atoms with Gasteiger partial charge in [0.2, 0.25) is 10.0 Å². The predicted octanol–water partition coefficient (Wildman–Crippen LogP) is 3.07. The number of carbonyl (C=O) groups excluding carboxylic acids is 1. The minimum atomic E-state index is -3.51. The summed E-state index contributed by atoms with van der Waals surface area (Å²) in [7, 11) is -3.51. The fraction of sp³-hybridized carbons (Fsp3) is 0.611. The van der Waals surface area contributed by atoms with Crippen LogP contribution < -0.4 is 0 Å². The Balaban J connectivity index is 1.91. The molecule has 138 valence electrons. The Morgan fingerprint density at radius 3 is 2.36 bits per heavy atom. The molecule has 1 aromatic carbocycles. The van der Waals surface area contributed by atoms with Crippen LogP contribution in [0.5, 0.6) is 0 Å². The number of piperidine rings is 1. The zero-order chi connectivity index (χ0) is 18.0. The summed E-state index contributed by atoms with van der Waals surface area (Å²) in [6, 6.07) is 4.99. The molecular formula is C18H26N2O3S2. The molecule has 2 aliphatic heterocycles. The van der Waals surface area contributed by atoms with Crippen LogP contribution in [-0.4, -0.2) is 56.0 Å². The first-order chi connectivity index (χ1) is 11.9. The first kappa shape index (κ1) is 18.7. The Bertz CT molecular complexity index is 735. The van der Waals surface area contributed by atoms with Gasteiger partial charge in [0.25, 0.3) is 5.91 Å². The topological polar surface area (TPSA) is 57.7 Å². The van der Waals surface area contributed by atoms with Crippen molar-refractivity contribution < 1.29 is 13.2 Å². The molecule has 0 aliphatic carbocycles. The SMILES string of the molecule is CSc1ccc(S(=O)(=O)N2CCCC2)cc1C(=O)N1CCC(C)CC1. The van der Waals surface area contributed by atoms with Gasteiger partial charge in [-0.1, -0.05) is 6.92 Å². The third-order valence-corrected chi connectivity index (χ3v) is 7.87. The molecule has 25 heavy (non-hydrogen) atoms. The van der Waals surface area contributed by atoms with Gasteiger partial charge in [-0.05, 0) is 56.1 Å². The van der Waals surface area contributed by atoms with E-state index in [4.69, 9.17) is 0 Å². The molecule has 1 aromatic rings. The fourth-order valence-electron chi connectivity index (χ4n) is 3.47. The van der Waals surface area contributed by atoms with E-state index >= 15 is 0 Å². The van der Waals surface area contributed by atoms with Crippen LogP contribution in [0.25, 0.3) is 0 Å². The summed E-state index contributed by atoms with van der Waals surface area (Å²) in [6.07, 6.45) is 5.73. The number of hydrogen-bond donors (Lipinski definition) is 0. The molecule has 1 amide bonds. The molecule has 0 N–H and O–H groups in total. The van der Waals surface area contributed by atoms with Crippen LogP contribution in [0.3, 0.4) is 0 Å². The van der Waals surface area contributed by atoms with Gasteiger partial charge in [-0.2, -0.15) is 4.31 Å². The molecule has 2 heterocycles. The lowest BCUT2D eigenvalue weighted by atomic mass is 9.98. The van der Waals surface area contributed by atoms with E-state index in [1.165, 1.54) is 16.1 Å². The molecule has 0 radical (unpaired) electrons. The number of carbonyl (C=O) groups is 1. The van der Waals surface area contributed by atoms with Crippen molar-refractivity contribution in [2.45, 2.75) is 42.4 Å². The maximum absolute atomic E-state index is 13.0. The Morgan fingerprint density at radius 2 is 1.76 bits per heavy atom. The fourth-order valence-corrected chi connectivity index (χ4v) is 5.59. The average molecular weight is 383 g/mol. The summed E-state index contributed by atoms with van der Waals surface area (Å²) in [6.45, 7) is 4.84. The van der Waals surface area contributed by atoms with Crippen molar-refractivity contribution in [3.63, 3.8) is 0 Å². The summed E-state index contributed by atoms with van der Waals surface area (Å²) in [5, 5.41) is 0. The number of benzene rings is 1. The summed E-state index contributed by atoms with van der Waals surface area (Å²) < 4.78 is 27.2. The lowest BCUT2D eigenvalue weighted by Gasteiger charge is -2.31. The molecule has 2 saturated heterocycles. The quantitative estimate of drug-likeness (QED) is 0.751. The number of sulfonamides is 1. The summed E-state index contributed by atoms with van der Waals surface area (Å²) in [5.41, 5.74) is 0.516. The molecule has 2 fully saturated rings. The second kappa shape index (κ2) is 7.68. The van der Waals surface area contributed by atoms with Crippen LogP contribution in [0.2, 0.25) is 0 Å². The van der Waals surface area contributed by atoms with Gasteiger partial charge >= 0.3 is 0 Å². The molecule has 3 rings (SSSR count). The first-order valence-electron chi connectivity index (χ1n) is 8.91. The number of thioether (sulfide) groups is 1. The van der Waals surface area contributed by atoms with Gasteiger partial charge in [0, 0.05) is 31.1 Å². The van der Waals surface area contributed by atoms with E-state index in [0.717, 1.165) is 43.7 Å². The molecule has 0 saturated carbocycles. The van der Waals surface area contributed by atoms with Crippen LogP contribution in [0.15, 0.2) is 28.0 Å². The molecule has 0 unspecified atom stereocenters. The third-order valence-electron chi connectivity index (χ3n) is 5.18. The van der Waals surface area contributed by atoms with E-state index in [1.54, 1.807) is 18.2 Å². The van der Waals surface area contributed by atoms with E-state index in [0.29, 0.717) is 24.6 Å². The van der Waals surface area contributed by atoms with Crippen molar-refractivity contribution in [2.75, 3.05) is 32.4 Å². The monoisotopic (exact) mass is 382 g/mol. The van der Waals surface area contributed by atoms with Crippen LogP contribution in [0.4, 0.5) is 0 Å². The van der Waals surface area contributed by atoms with Gasteiger partial charge in [0.15, 0.2) is 0 Å². The van der Waals surface area contributed by atoms with E-state index in [9.17, 15) is 13.2 Å². The lowest BCUT2D eigenvalue weighted by molar-refractivity contribution is 0.0693. The number of amides is 1. The molecule has 0 bridgehead atoms. The maximum atomic E-state index is 13.0. The molecule has 0 aromatic heterocycles. The van der Waals surface area contributed by atoms with Gasteiger partial charge in [0.1, 0.15) is 0 Å². The second-order valence-corrected chi connectivity index (χ2v) is 9.73. The van der Waals surface area contributed by atoms with Gasteiger partial charge < -0.3 is 4.90 Å². The minimum absolute atomic E-state index is 0.0466. The first-order valence-corrected chi connectivity index (χ1v) is 11.6. The number of rotatable bonds is 4. The van der Waals surface area contributed by atoms with Crippen LogP contribution in [0, 0.1) is 5.92 Å². The van der Waals surface area contributed by atoms with E-state index in [2.05, 4.69) is 6.92 Å². The second-order valence-electron chi connectivity index (χ2n) is 6.95. The van der Waals surface area contributed by atoms with E-state index < -0.39 is 10.0 Å². The highest BCUT2D eigenvalue weighted by Crippen LogP contribution is 2.29. The van der Waals surface area contributed by atoms with Gasteiger partial charge in [-0.15, -0.1) is 11.8 Å². The Hall–Kier alpha value is -1.05. The molecule has 7 heteroatoms. The van der Waals surface area contributed by atoms with E-state index in [1.807, 2.05) is 11.2 Å². The Labute approximate surface area is 154 Å². The zero-order valence-corrected chi connectivity index (χ0v) is 16.5. The van der Waals surface area contributed by atoms with Crippen molar-refractivity contribution >= 4 is 27.7 Å².